The number of benzene rings is 1. The van der Waals surface area contributed by atoms with Crippen LogP contribution in [0.1, 0.15) is 17.5 Å². The zero-order valence-electron chi connectivity index (χ0n) is 10.5. The number of thioether (sulfide) groups is 1. The summed E-state index contributed by atoms with van der Waals surface area (Å²) in [6, 6.07) is 6.20. The first-order valence-electron chi connectivity index (χ1n) is 5.81. The molecule has 0 amide bonds. The Kier molecular flexibility index (Phi) is 3.46. The molecule has 1 nitrogen and oxygen atoms in total. The molecule has 88 valence electrons. The van der Waals surface area contributed by atoms with Gasteiger partial charge < -0.3 is 0 Å². The monoisotopic (exact) mass is 260 g/mol. The van der Waals surface area contributed by atoms with Gasteiger partial charge in [0, 0.05) is 16.9 Å². The first kappa shape index (κ1) is 12.5. The molecule has 1 heterocycles. The van der Waals surface area contributed by atoms with Gasteiger partial charge in [0.05, 0.1) is 0 Å². The van der Waals surface area contributed by atoms with Gasteiger partial charge in [-0.05, 0) is 30.2 Å². The maximum atomic E-state index is 11.3. The first-order chi connectivity index (χ1) is 7.94. The van der Waals surface area contributed by atoms with Crippen molar-refractivity contribution in [3.05, 3.63) is 29.3 Å². The normalized spacial score (nSPS) is 14.9. The highest BCUT2D eigenvalue weighted by molar-refractivity contribution is 8.13. The van der Waals surface area contributed by atoms with Gasteiger partial charge in [0.25, 0.3) is 0 Å². The molecule has 0 radical (unpaired) electrons. The Bertz CT molecular complexity index is 517. The van der Waals surface area contributed by atoms with E-state index >= 15 is 0 Å². The van der Waals surface area contributed by atoms with Gasteiger partial charge in [0.2, 0.25) is 0 Å². The molecule has 1 aliphatic heterocycles. The van der Waals surface area contributed by atoms with Gasteiger partial charge in [-0.15, -0.1) is 5.54 Å². The van der Waals surface area contributed by atoms with E-state index in [0.717, 1.165) is 16.9 Å². The predicted octanol–water partition coefficient (Wildman–Crippen LogP) is 3.48. The number of fused-ring (bicyclic) bond motifs is 1. The summed E-state index contributed by atoms with van der Waals surface area (Å²) in [6.07, 6.45) is 1.52. The van der Waals surface area contributed by atoms with E-state index < -0.39 is 8.07 Å². The lowest BCUT2D eigenvalue weighted by atomic mass is 10.1. The number of hydrogen-bond acceptors (Lipinski definition) is 2. The third-order valence-corrected chi connectivity index (χ3v) is 4.39. The van der Waals surface area contributed by atoms with Crippen LogP contribution in [-0.4, -0.2) is 13.2 Å². The van der Waals surface area contributed by atoms with Crippen molar-refractivity contribution in [2.45, 2.75) is 37.4 Å². The molecule has 0 saturated heterocycles. The zero-order chi connectivity index (χ0) is 12.5. The summed E-state index contributed by atoms with van der Waals surface area (Å²) < 4.78 is 0. The van der Waals surface area contributed by atoms with Crippen molar-refractivity contribution in [1.82, 2.24) is 0 Å². The van der Waals surface area contributed by atoms with E-state index in [1.54, 1.807) is 0 Å². The van der Waals surface area contributed by atoms with Gasteiger partial charge in [0.1, 0.15) is 8.07 Å². The molecule has 0 spiro atoms. The van der Waals surface area contributed by atoms with E-state index in [2.05, 4.69) is 37.2 Å². The topological polar surface area (TPSA) is 17.1 Å². The van der Waals surface area contributed by atoms with Gasteiger partial charge in [-0.3, -0.25) is 4.79 Å². The molecule has 1 aliphatic rings. The van der Waals surface area contributed by atoms with E-state index in [1.807, 2.05) is 12.1 Å². The Morgan fingerprint density at radius 2 is 2.00 bits per heavy atom. The summed E-state index contributed by atoms with van der Waals surface area (Å²) in [5, 5.41) is 0.276. The molecule has 1 aromatic carbocycles. The zero-order valence-corrected chi connectivity index (χ0v) is 12.3. The van der Waals surface area contributed by atoms with E-state index in [0.29, 0.717) is 6.42 Å². The number of aryl methyl sites for hydroxylation is 1. The third kappa shape index (κ3) is 3.49. The minimum atomic E-state index is -1.31. The van der Waals surface area contributed by atoms with Gasteiger partial charge in [-0.1, -0.05) is 37.3 Å². The lowest BCUT2D eigenvalue weighted by Gasteiger charge is -2.13. The van der Waals surface area contributed by atoms with Gasteiger partial charge in [-0.25, -0.2) is 0 Å². The molecule has 0 N–H and O–H groups in total. The fourth-order valence-electron chi connectivity index (χ4n) is 1.62. The van der Waals surface area contributed by atoms with Crippen molar-refractivity contribution in [1.29, 1.82) is 0 Å². The predicted molar refractivity (Wildman–Crippen MR) is 75.9 cm³/mol. The van der Waals surface area contributed by atoms with Gasteiger partial charge in [-0.2, -0.15) is 0 Å². The Morgan fingerprint density at radius 3 is 2.71 bits per heavy atom. The summed E-state index contributed by atoms with van der Waals surface area (Å²) in [5.74, 6) is 3.26. The van der Waals surface area contributed by atoms with Crippen molar-refractivity contribution in [2.24, 2.45) is 0 Å². The highest BCUT2D eigenvalue weighted by Crippen LogP contribution is 2.31. The average Bonchev–Trinajstić information content (AvgIpc) is 2.25. The second-order valence-corrected chi connectivity index (χ2v) is 11.1. The van der Waals surface area contributed by atoms with Crippen molar-refractivity contribution < 1.29 is 4.79 Å². The molecule has 3 heteroatoms. The Hall–Kier alpha value is -0.983. The molecule has 0 bridgehead atoms. The summed E-state index contributed by atoms with van der Waals surface area (Å²) in [6.45, 7) is 6.73. The molecule has 1 aromatic rings. The highest BCUT2D eigenvalue weighted by atomic mass is 32.2. The molecule has 0 fully saturated rings. The van der Waals surface area contributed by atoms with Crippen molar-refractivity contribution in [3.8, 4) is 11.5 Å². The molecule has 17 heavy (non-hydrogen) atoms. The molecule has 0 unspecified atom stereocenters. The summed E-state index contributed by atoms with van der Waals surface area (Å²) in [5.41, 5.74) is 5.73. The van der Waals surface area contributed by atoms with E-state index in [9.17, 15) is 4.79 Å². The van der Waals surface area contributed by atoms with Crippen LogP contribution in [0.5, 0.6) is 0 Å². The molecular weight excluding hydrogens is 244 g/mol. The molecule has 0 aromatic heterocycles. The Balaban J connectivity index is 2.28. The van der Waals surface area contributed by atoms with Crippen LogP contribution < -0.4 is 0 Å². The molecule has 0 aliphatic carbocycles. The highest BCUT2D eigenvalue weighted by Gasteiger charge is 2.16. The summed E-state index contributed by atoms with van der Waals surface area (Å²) in [4.78, 5) is 12.4. The van der Waals surface area contributed by atoms with E-state index in [4.69, 9.17) is 0 Å². The minimum absolute atomic E-state index is 0.276. The minimum Gasteiger partial charge on any atom is -0.287 e. The van der Waals surface area contributed by atoms with Crippen molar-refractivity contribution in [3.63, 3.8) is 0 Å². The maximum absolute atomic E-state index is 11.3. The molecule has 0 saturated carbocycles. The van der Waals surface area contributed by atoms with Crippen LogP contribution in [0.25, 0.3) is 0 Å². The Labute approximate surface area is 108 Å². The number of rotatable bonds is 0. The largest absolute Gasteiger partial charge is 0.287 e. The quantitative estimate of drug-likeness (QED) is 0.525. The smallest absolute Gasteiger partial charge is 0.194 e. The lowest BCUT2D eigenvalue weighted by molar-refractivity contribution is -0.111. The fraction of sp³-hybridized carbons (Fsp3) is 0.357. The second-order valence-electron chi connectivity index (χ2n) is 5.30. The van der Waals surface area contributed by atoms with E-state index in [1.165, 1.54) is 17.3 Å². The Morgan fingerprint density at radius 1 is 1.24 bits per heavy atom. The number of hydrogen-bond donors (Lipinski definition) is 0. The lowest BCUT2D eigenvalue weighted by Crippen LogP contribution is -2.16. The van der Waals surface area contributed by atoms with Crippen LogP contribution in [0.3, 0.4) is 0 Å². The van der Waals surface area contributed by atoms with Crippen LogP contribution in [0.15, 0.2) is 23.1 Å². The van der Waals surface area contributed by atoms with Crippen LogP contribution >= 0.6 is 11.8 Å². The van der Waals surface area contributed by atoms with Crippen LogP contribution in [-0.2, 0) is 11.2 Å². The van der Waals surface area contributed by atoms with Gasteiger partial charge in [0.15, 0.2) is 5.12 Å². The molecular formula is C14H16OSSi. The molecule has 2 rings (SSSR count). The van der Waals surface area contributed by atoms with Crippen LogP contribution in [0.4, 0.5) is 0 Å². The second kappa shape index (κ2) is 4.71. The maximum Gasteiger partial charge on any atom is 0.194 e. The number of carbonyl (C=O) groups is 1. The average molecular weight is 260 g/mol. The van der Waals surface area contributed by atoms with Crippen LogP contribution in [0.2, 0.25) is 19.6 Å². The van der Waals surface area contributed by atoms with Crippen molar-refractivity contribution in [2.75, 3.05) is 0 Å². The van der Waals surface area contributed by atoms with Gasteiger partial charge >= 0.3 is 0 Å². The SMILES string of the molecule is C[Si](C)(C)C#Cc1ccc2c(c1)CCC(=O)S2. The van der Waals surface area contributed by atoms with Crippen LogP contribution in [0, 0.1) is 11.5 Å². The standard InChI is InChI=1S/C14H16OSSi/c1-17(2,3)9-8-11-4-6-13-12(10-11)5-7-14(15)16-13/h4,6,10H,5,7H2,1-3H3. The third-order valence-electron chi connectivity index (χ3n) is 2.46. The first-order valence-corrected chi connectivity index (χ1v) is 10.1. The summed E-state index contributed by atoms with van der Waals surface area (Å²) in [7, 11) is -1.31. The number of carbonyl (C=O) groups excluding carboxylic acids is 1. The summed E-state index contributed by atoms with van der Waals surface area (Å²) >= 11 is 1.37. The molecule has 0 atom stereocenters. The fourth-order valence-corrected chi connectivity index (χ4v) is 3.02. The van der Waals surface area contributed by atoms with E-state index in [-0.39, 0.29) is 5.12 Å². The van der Waals surface area contributed by atoms with Crippen molar-refractivity contribution >= 4 is 25.0 Å².